The Labute approximate surface area is 194 Å². The summed E-state index contributed by atoms with van der Waals surface area (Å²) >= 11 is 0. The van der Waals surface area contributed by atoms with Gasteiger partial charge in [0.1, 0.15) is 11.6 Å². The molecule has 1 amide bonds. The highest BCUT2D eigenvalue weighted by Gasteiger charge is 2.31. The summed E-state index contributed by atoms with van der Waals surface area (Å²) in [6, 6.07) is 9.22. The summed E-state index contributed by atoms with van der Waals surface area (Å²) < 4.78 is 59.5. The Hall–Kier alpha value is -3.40. The van der Waals surface area contributed by atoms with Gasteiger partial charge in [0.2, 0.25) is 0 Å². The molecule has 0 unspecified atom stereocenters. The van der Waals surface area contributed by atoms with E-state index in [0.29, 0.717) is 49.7 Å². The predicted molar refractivity (Wildman–Crippen MR) is 117 cm³/mol. The largest absolute Gasteiger partial charge is 0.496 e. The van der Waals surface area contributed by atoms with Crippen molar-refractivity contribution in [1.29, 1.82) is 0 Å². The number of hydrogen-bond acceptors (Lipinski definition) is 4. The molecule has 0 atom stereocenters. The summed E-state index contributed by atoms with van der Waals surface area (Å²) in [7, 11) is 1.54. The molecule has 2 aromatic carbocycles. The molecule has 1 fully saturated rings. The van der Waals surface area contributed by atoms with Crippen LogP contribution in [0.1, 0.15) is 27.2 Å². The second-order valence-corrected chi connectivity index (χ2v) is 8.13. The Balaban J connectivity index is 1.44. The minimum atomic E-state index is -4.47. The van der Waals surface area contributed by atoms with Crippen molar-refractivity contribution in [2.24, 2.45) is 0 Å². The molecule has 1 aliphatic rings. The van der Waals surface area contributed by atoms with Crippen LogP contribution in [0.5, 0.6) is 5.75 Å². The molecule has 180 valence electrons. The number of alkyl halides is 3. The molecule has 0 saturated carbocycles. The zero-order valence-corrected chi connectivity index (χ0v) is 18.8. The lowest BCUT2D eigenvalue weighted by Crippen LogP contribution is -2.48. The molecule has 1 saturated heterocycles. The number of nitrogens with zero attached hydrogens (tertiary/aromatic N) is 4. The first kappa shape index (κ1) is 23.7. The summed E-state index contributed by atoms with van der Waals surface area (Å²) in [6.45, 7) is 4.26. The summed E-state index contributed by atoms with van der Waals surface area (Å²) in [6.07, 6.45) is -3.08. The van der Waals surface area contributed by atoms with E-state index >= 15 is 0 Å². The van der Waals surface area contributed by atoms with Crippen LogP contribution >= 0.6 is 0 Å². The van der Waals surface area contributed by atoms with Gasteiger partial charge < -0.3 is 9.64 Å². The average Bonchev–Trinajstić information content (AvgIpc) is 3.20. The fourth-order valence-corrected chi connectivity index (χ4v) is 4.08. The van der Waals surface area contributed by atoms with Gasteiger partial charge in [-0.25, -0.2) is 9.07 Å². The van der Waals surface area contributed by atoms with E-state index in [1.54, 1.807) is 17.9 Å². The maximum absolute atomic E-state index is 13.6. The Kier molecular flexibility index (Phi) is 6.60. The third-order valence-electron chi connectivity index (χ3n) is 5.95. The zero-order chi connectivity index (χ0) is 24.5. The molecule has 6 nitrogen and oxygen atoms in total. The Morgan fingerprint density at radius 3 is 2.50 bits per heavy atom. The van der Waals surface area contributed by atoms with Crippen molar-refractivity contribution in [1.82, 2.24) is 19.6 Å². The summed E-state index contributed by atoms with van der Waals surface area (Å²) in [4.78, 5) is 16.9. The third-order valence-corrected chi connectivity index (χ3v) is 5.95. The first-order valence-electron chi connectivity index (χ1n) is 10.7. The van der Waals surface area contributed by atoms with Gasteiger partial charge in [-0.15, -0.1) is 0 Å². The van der Waals surface area contributed by atoms with Crippen LogP contribution in [0.4, 0.5) is 17.6 Å². The van der Waals surface area contributed by atoms with E-state index in [0.717, 1.165) is 17.7 Å². The monoisotopic (exact) mass is 476 g/mol. The summed E-state index contributed by atoms with van der Waals surface area (Å²) in [5, 5.41) is 4.17. The molecule has 1 aromatic heterocycles. The van der Waals surface area contributed by atoms with Gasteiger partial charge in [-0.1, -0.05) is 6.07 Å². The Morgan fingerprint density at radius 1 is 1.09 bits per heavy atom. The van der Waals surface area contributed by atoms with E-state index < -0.39 is 11.7 Å². The molecule has 4 rings (SSSR count). The van der Waals surface area contributed by atoms with Gasteiger partial charge in [0.05, 0.1) is 35.8 Å². The normalized spacial score (nSPS) is 14.9. The second kappa shape index (κ2) is 9.46. The number of methoxy groups -OCH3 is 1. The molecule has 3 aromatic rings. The van der Waals surface area contributed by atoms with Crippen LogP contribution in [0.2, 0.25) is 0 Å². The fraction of sp³-hybridized carbons (Fsp3) is 0.333. The van der Waals surface area contributed by atoms with E-state index in [1.807, 2.05) is 0 Å². The highest BCUT2D eigenvalue weighted by molar-refractivity contribution is 5.95. The quantitative estimate of drug-likeness (QED) is 0.516. The first-order chi connectivity index (χ1) is 16.2. The van der Waals surface area contributed by atoms with Crippen molar-refractivity contribution in [2.75, 3.05) is 33.3 Å². The predicted octanol–water partition coefficient (Wildman–Crippen LogP) is 4.31. The number of piperazine rings is 1. The molecule has 0 spiro atoms. The van der Waals surface area contributed by atoms with E-state index in [2.05, 4.69) is 10.00 Å². The van der Waals surface area contributed by atoms with Gasteiger partial charge in [-0.3, -0.25) is 9.69 Å². The molecule has 10 heteroatoms. The van der Waals surface area contributed by atoms with Gasteiger partial charge in [0.15, 0.2) is 0 Å². The number of halogens is 4. The molecule has 2 heterocycles. The van der Waals surface area contributed by atoms with Crippen LogP contribution in [0, 0.1) is 12.7 Å². The van der Waals surface area contributed by atoms with Crippen LogP contribution in [-0.2, 0) is 12.7 Å². The number of benzene rings is 2. The van der Waals surface area contributed by atoms with E-state index in [4.69, 9.17) is 4.74 Å². The van der Waals surface area contributed by atoms with Crippen LogP contribution < -0.4 is 4.74 Å². The van der Waals surface area contributed by atoms with E-state index in [-0.39, 0.29) is 17.4 Å². The van der Waals surface area contributed by atoms with Crippen molar-refractivity contribution >= 4 is 5.91 Å². The molecule has 0 radical (unpaired) electrons. The van der Waals surface area contributed by atoms with Gasteiger partial charge in [0.25, 0.3) is 5.91 Å². The maximum Gasteiger partial charge on any atom is 0.416 e. The first-order valence-corrected chi connectivity index (χ1v) is 10.7. The maximum atomic E-state index is 13.6. The number of carbonyl (C=O) groups is 1. The van der Waals surface area contributed by atoms with Crippen molar-refractivity contribution in [3.05, 3.63) is 76.9 Å². The molecule has 0 aliphatic carbocycles. The molecular formula is C24H24F4N4O2. The Bertz CT molecular complexity index is 1180. The van der Waals surface area contributed by atoms with Crippen molar-refractivity contribution in [3.8, 4) is 11.4 Å². The van der Waals surface area contributed by atoms with Crippen molar-refractivity contribution < 1.29 is 27.1 Å². The zero-order valence-electron chi connectivity index (χ0n) is 18.8. The SMILES string of the molecule is COc1ccc(F)cc1CN1CCN(C(=O)c2cnn(-c3cccc(C(F)(F)F)c3)c2C)CC1. The number of ether oxygens (including phenoxy) is 1. The number of hydrogen-bond donors (Lipinski definition) is 0. The topological polar surface area (TPSA) is 50.6 Å². The van der Waals surface area contributed by atoms with Gasteiger partial charge in [-0.05, 0) is 43.3 Å². The van der Waals surface area contributed by atoms with Crippen LogP contribution in [0.15, 0.2) is 48.7 Å². The number of aromatic nitrogens is 2. The van der Waals surface area contributed by atoms with Gasteiger partial charge >= 0.3 is 6.18 Å². The van der Waals surface area contributed by atoms with Gasteiger partial charge in [0, 0.05) is 38.3 Å². The highest BCUT2D eigenvalue weighted by atomic mass is 19.4. The van der Waals surface area contributed by atoms with Gasteiger partial charge in [-0.2, -0.15) is 18.3 Å². The number of carbonyl (C=O) groups excluding carboxylic acids is 1. The fourth-order valence-electron chi connectivity index (χ4n) is 4.08. The van der Waals surface area contributed by atoms with E-state index in [1.165, 1.54) is 42.3 Å². The standard InChI is InChI=1S/C24H24F4N4O2/c1-16-21(14-29-32(16)20-5-3-4-18(13-20)24(26,27)28)23(33)31-10-8-30(9-11-31)15-17-12-19(25)6-7-22(17)34-2/h3-7,12-14H,8-11,15H2,1-2H3. The molecule has 0 bridgehead atoms. The highest BCUT2D eigenvalue weighted by Crippen LogP contribution is 2.30. The molecule has 0 N–H and O–H groups in total. The number of amides is 1. The van der Waals surface area contributed by atoms with Crippen molar-refractivity contribution in [2.45, 2.75) is 19.6 Å². The molecule has 1 aliphatic heterocycles. The van der Waals surface area contributed by atoms with E-state index in [9.17, 15) is 22.4 Å². The lowest BCUT2D eigenvalue weighted by atomic mass is 10.1. The molecular weight excluding hydrogens is 452 g/mol. The smallest absolute Gasteiger partial charge is 0.416 e. The molecule has 34 heavy (non-hydrogen) atoms. The Morgan fingerprint density at radius 2 is 1.82 bits per heavy atom. The minimum Gasteiger partial charge on any atom is -0.496 e. The van der Waals surface area contributed by atoms with Crippen LogP contribution in [0.25, 0.3) is 5.69 Å². The second-order valence-electron chi connectivity index (χ2n) is 8.13. The van der Waals surface area contributed by atoms with Crippen molar-refractivity contribution in [3.63, 3.8) is 0 Å². The lowest BCUT2D eigenvalue weighted by molar-refractivity contribution is -0.137. The average molecular weight is 476 g/mol. The summed E-state index contributed by atoms with van der Waals surface area (Å²) in [5.41, 5.74) is 1.01. The number of rotatable bonds is 5. The third kappa shape index (κ3) is 4.91. The minimum absolute atomic E-state index is 0.223. The lowest BCUT2D eigenvalue weighted by Gasteiger charge is -2.35. The van der Waals surface area contributed by atoms with Crippen LogP contribution in [0.3, 0.4) is 0 Å². The summed E-state index contributed by atoms with van der Waals surface area (Å²) in [5.74, 6) is 0.0501. The van der Waals surface area contributed by atoms with Crippen LogP contribution in [-0.4, -0.2) is 58.8 Å².